The van der Waals surface area contributed by atoms with E-state index in [-0.39, 0.29) is 0 Å². The van der Waals surface area contributed by atoms with Gasteiger partial charge in [0, 0.05) is 0 Å². The maximum absolute atomic E-state index is 12.2. The van der Waals surface area contributed by atoms with Crippen LogP contribution in [0.4, 0.5) is 5.69 Å². The van der Waals surface area contributed by atoms with E-state index in [2.05, 4.69) is 5.32 Å². The van der Waals surface area contributed by atoms with Crippen molar-refractivity contribution in [1.29, 1.82) is 0 Å². The molecule has 0 aliphatic heterocycles. The third-order valence-corrected chi connectivity index (χ3v) is 3.67. The summed E-state index contributed by atoms with van der Waals surface area (Å²) in [6.45, 7) is 1.93. The summed E-state index contributed by atoms with van der Waals surface area (Å²) in [5.74, 6) is 0.259. The van der Waals surface area contributed by atoms with Gasteiger partial charge in [0.15, 0.2) is 0 Å². The van der Waals surface area contributed by atoms with Crippen molar-refractivity contribution in [2.75, 3.05) is 12.4 Å². The van der Waals surface area contributed by atoms with E-state index < -0.39 is 11.4 Å². The Morgan fingerprint density at radius 1 is 1.14 bits per heavy atom. The number of carbonyl (C=O) groups is 1. The molecule has 4 nitrogen and oxygen atoms in total. The summed E-state index contributed by atoms with van der Waals surface area (Å²) in [5.41, 5.74) is 6.33. The predicted molar refractivity (Wildman–Crippen MR) is 84.2 cm³/mol. The fraction of sp³-hybridized carbons (Fsp3) is 0.235. The van der Waals surface area contributed by atoms with Crippen LogP contribution in [0.3, 0.4) is 0 Å². The minimum absolute atomic E-state index is 0.415. The molecule has 0 fully saturated rings. The zero-order valence-corrected chi connectivity index (χ0v) is 12.3. The molecule has 0 saturated heterocycles. The lowest BCUT2D eigenvalue weighted by molar-refractivity contribution is -0.122. The summed E-state index contributed by atoms with van der Waals surface area (Å²) in [7, 11) is 1.60. The summed E-state index contributed by atoms with van der Waals surface area (Å²) in [6.07, 6.45) is 0.532. The van der Waals surface area contributed by atoms with Crippen LogP contribution in [0.15, 0.2) is 54.6 Å². The highest BCUT2D eigenvalue weighted by atomic mass is 16.5. The third-order valence-electron chi connectivity index (χ3n) is 3.67. The second kappa shape index (κ2) is 6.31. The predicted octanol–water partition coefficient (Wildman–Crippen LogP) is 2.90. The van der Waals surface area contributed by atoms with Gasteiger partial charge in [0.2, 0.25) is 5.91 Å². The van der Waals surface area contributed by atoms with Crippen LogP contribution in [0.25, 0.3) is 0 Å². The van der Waals surface area contributed by atoms with E-state index in [0.717, 1.165) is 11.3 Å². The summed E-state index contributed by atoms with van der Waals surface area (Å²) in [4.78, 5) is 12.2. The van der Waals surface area contributed by atoms with E-state index in [1.54, 1.807) is 7.11 Å². The quantitative estimate of drug-likeness (QED) is 0.857. The van der Waals surface area contributed by atoms with Crippen molar-refractivity contribution >= 4 is 11.6 Å². The first-order valence-electron chi connectivity index (χ1n) is 6.90. The number of ether oxygens (including phenoxy) is 1. The minimum Gasteiger partial charge on any atom is -0.495 e. The highest BCUT2D eigenvalue weighted by Gasteiger charge is 2.37. The minimum atomic E-state index is -0.962. The molecule has 1 atom stereocenters. The van der Waals surface area contributed by atoms with E-state index in [9.17, 15) is 4.79 Å². The molecule has 0 bridgehead atoms. The molecule has 0 radical (unpaired) electrons. The Hall–Kier alpha value is -2.49. The lowest BCUT2D eigenvalue weighted by Gasteiger charge is -2.32. The van der Waals surface area contributed by atoms with Crippen LogP contribution in [-0.4, -0.2) is 13.0 Å². The summed E-state index contributed by atoms with van der Waals surface area (Å²) in [5, 5.41) is 3.28. The molecule has 0 spiro atoms. The largest absolute Gasteiger partial charge is 0.495 e. The maximum atomic E-state index is 12.2. The van der Waals surface area contributed by atoms with Crippen LogP contribution in [-0.2, 0) is 10.3 Å². The molecule has 21 heavy (non-hydrogen) atoms. The molecular weight excluding hydrogens is 264 g/mol. The number of hydrogen-bond acceptors (Lipinski definition) is 3. The zero-order chi connectivity index (χ0) is 15.3. The van der Waals surface area contributed by atoms with Crippen molar-refractivity contribution in [2.45, 2.75) is 18.9 Å². The molecule has 0 aromatic heterocycles. The van der Waals surface area contributed by atoms with Crippen molar-refractivity contribution in [2.24, 2.45) is 5.73 Å². The number of methoxy groups -OCH3 is 1. The average molecular weight is 284 g/mol. The molecule has 3 N–H and O–H groups in total. The molecule has 2 rings (SSSR count). The van der Waals surface area contributed by atoms with E-state index in [4.69, 9.17) is 10.5 Å². The van der Waals surface area contributed by atoms with Gasteiger partial charge in [-0.15, -0.1) is 0 Å². The molecule has 110 valence electrons. The van der Waals surface area contributed by atoms with Gasteiger partial charge >= 0.3 is 0 Å². The molecule has 0 saturated carbocycles. The smallest absolute Gasteiger partial charge is 0.247 e. The standard InChI is InChI=1S/C17H20N2O2/c1-3-17(16(18)20,13-9-5-4-6-10-13)19-14-11-7-8-12-15(14)21-2/h4-12,19H,3H2,1-2H3,(H2,18,20). The summed E-state index contributed by atoms with van der Waals surface area (Å²) < 4.78 is 5.34. The number of amides is 1. The van der Waals surface area contributed by atoms with E-state index in [1.807, 2.05) is 61.5 Å². The lowest BCUT2D eigenvalue weighted by Crippen LogP contribution is -2.47. The van der Waals surface area contributed by atoms with Gasteiger partial charge in [0.1, 0.15) is 11.3 Å². The molecule has 0 aliphatic rings. The molecule has 2 aromatic carbocycles. The molecule has 4 heteroatoms. The van der Waals surface area contributed by atoms with Crippen molar-refractivity contribution in [1.82, 2.24) is 0 Å². The van der Waals surface area contributed by atoms with E-state index in [1.165, 1.54) is 0 Å². The number of nitrogens with one attached hydrogen (secondary N) is 1. The van der Waals surface area contributed by atoms with Crippen molar-refractivity contribution in [3.63, 3.8) is 0 Å². The highest BCUT2D eigenvalue weighted by molar-refractivity contribution is 5.89. The first-order valence-corrected chi connectivity index (χ1v) is 6.90. The van der Waals surface area contributed by atoms with Crippen molar-refractivity contribution < 1.29 is 9.53 Å². The molecule has 0 aliphatic carbocycles. The number of para-hydroxylation sites is 2. The first kappa shape index (κ1) is 14.9. The van der Waals surface area contributed by atoms with Crippen LogP contribution >= 0.6 is 0 Å². The monoisotopic (exact) mass is 284 g/mol. The van der Waals surface area contributed by atoms with Crippen LogP contribution < -0.4 is 15.8 Å². The average Bonchev–Trinajstić information content (AvgIpc) is 2.53. The summed E-state index contributed by atoms with van der Waals surface area (Å²) >= 11 is 0. The van der Waals surface area contributed by atoms with Crippen LogP contribution in [0.2, 0.25) is 0 Å². The van der Waals surface area contributed by atoms with Gasteiger partial charge < -0.3 is 15.8 Å². The maximum Gasteiger partial charge on any atom is 0.247 e. The second-order valence-corrected chi connectivity index (χ2v) is 4.81. The Labute approximate surface area is 124 Å². The Bertz CT molecular complexity index is 613. The van der Waals surface area contributed by atoms with Gasteiger partial charge in [-0.2, -0.15) is 0 Å². The van der Waals surface area contributed by atoms with Crippen molar-refractivity contribution in [3.05, 3.63) is 60.2 Å². The van der Waals surface area contributed by atoms with Gasteiger partial charge in [0.05, 0.1) is 12.8 Å². The van der Waals surface area contributed by atoms with Gasteiger partial charge in [0.25, 0.3) is 0 Å². The normalized spacial score (nSPS) is 13.2. The van der Waals surface area contributed by atoms with Crippen LogP contribution in [0, 0.1) is 0 Å². The molecular formula is C17H20N2O2. The number of primary amides is 1. The van der Waals surface area contributed by atoms with Gasteiger partial charge in [-0.05, 0) is 24.1 Å². The second-order valence-electron chi connectivity index (χ2n) is 4.81. The Morgan fingerprint density at radius 3 is 2.33 bits per heavy atom. The number of carbonyl (C=O) groups excluding carboxylic acids is 1. The summed E-state index contributed by atoms with van der Waals surface area (Å²) in [6, 6.07) is 17.0. The van der Waals surface area contributed by atoms with Gasteiger partial charge in [-0.25, -0.2) is 0 Å². The Morgan fingerprint density at radius 2 is 1.76 bits per heavy atom. The topological polar surface area (TPSA) is 64.3 Å². The molecule has 0 heterocycles. The fourth-order valence-electron chi connectivity index (χ4n) is 2.44. The number of benzene rings is 2. The molecule has 2 aromatic rings. The number of anilines is 1. The Balaban J connectivity index is 2.49. The lowest BCUT2D eigenvalue weighted by atomic mass is 9.86. The fourth-order valence-corrected chi connectivity index (χ4v) is 2.44. The first-order chi connectivity index (χ1) is 10.1. The number of nitrogens with two attached hydrogens (primary N) is 1. The third kappa shape index (κ3) is 2.84. The van der Waals surface area contributed by atoms with Crippen LogP contribution in [0.1, 0.15) is 18.9 Å². The number of hydrogen-bond donors (Lipinski definition) is 2. The van der Waals surface area contributed by atoms with E-state index >= 15 is 0 Å². The SMILES string of the molecule is CCC(Nc1ccccc1OC)(C(N)=O)c1ccccc1. The van der Waals surface area contributed by atoms with Crippen LogP contribution in [0.5, 0.6) is 5.75 Å². The number of rotatable bonds is 6. The van der Waals surface area contributed by atoms with Crippen molar-refractivity contribution in [3.8, 4) is 5.75 Å². The Kier molecular flexibility index (Phi) is 4.48. The van der Waals surface area contributed by atoms with E-state index in [0.29, 0.717) is 12.2 Å². The van der Waals surface area contributed by atoms with Gasteiger partial charge in [-0.1, -0.05) is 49.4 Å². The molecule has 1 amide bonds. The zero-order valence-electron chi connectivity index (χ0n) is 12.3. The molecule has 1 unspecified atom stereocenters. The van der Waals surface area contributed by atoms with Gasteiger partial charge in [-0.3, -0.25) is 4.79 Å². The highest BCUT2D eigenvalue weighted by Crippen LogP contribution is 2.33.